The van der Waals surface area contributed by atoms with Crippen molar-refractivity contribution >= 4 is 9.84 Å². The first-order chi connectivity index (χ1) is 10.1. The molecule has 0 heterocycles. The Bertz CT molecular complexity index is 330. The van der Waals surface area contributed by atoms with Gasteiger partial charge in [-0.15, -0.1) is 0 Å². The molecule has 0 aromatic rings. The fourth-order valence-electron chi connectivity index (χ4n) is 3.09. The van der Waals surface area contributed by atoms with E-state index in [1.54, 1.807) is 0 Å². The summed E-state index contributed by atoms with van der Waals surface area (Å²) in [6.07, 6.45) is 15.9. The van der Waals surface area contributed by atoms with Gasteiger partial charge in [0, 0.05) is 0 Å². The summed E-state index contributed by atoms with van der Waals surface area (Å²) >= 11 is 0. The van der Waals surface area contributed by atoms with Gasteiger partial charge in [-0.25, -0.2) is 8.42 Å². The van der Waals surface area contributed by atoms with Gasteiger partial charge in [-0.05, 0) is 25.7 Å². The second kappa shape index (κ2) is 10.6. The van der Waals surface area contributed by atoms with E-state index in [0.29, 0.717) is 0 Å². The number of hydrogen-bond acceptors (Lipinski definition) is 2. The Balaban J connectivity index is 2.32. The molecule has 1 aliphatic carbocycles. The maximum absolute atomic E-state index is 12.5. The van der Waals surface area contributed by atoms with E-state index in [0.717, 1.165) is 38.5 Å². The molecule has 2 nitrogen and oxygen atoms in total. The third-order valence-corrected chi connectivity index (χ3v) is 7.51. The lowest BCUT2D eigenvalue weighted by Gasteiger charge is -2.17. The van der Waals surface area contributed by atoms with Gasteiger partial charge < -0.3 is 0 Å². The molecule has 21 heavy (non-hydrogen) atoms. The van der Waals surface area contributed by atoms with E-state index in [9.17, 15) is 8.42 Å². The second-order valence-electron chi connectivity index (χ2n) is 6.82. The molecule has 1 aliphatic rings. The molecule has 0 saturated heterocycles. The molecule has 0 aliphatic heterocycles. The molecule has 0 unspecified atom stereocenters. The minimum atomic E-state index is -2.81. The quantitative estimate of drug-likeness (QED) is 0.388. The van der Waals surface area contributed by atoms with Gasteiger partial charge in [-0.3, -0.25) is 0 Å². The number of unbranched alkanes of at least 4 members (excludes halogenated alkanes) is 8. The molecule has 0 atom stereocenters. The third-order valence-electron chi connectivity index (χ3n) is 4.71. The van der Waals surface area contributed by atoms with Crippen LogP contribution in [0.5, 0.6) is 0 Å². The van der Waals surface area contributed by atoms with Crippen LogP contribution in [0.4, 0.5) is 0 Å². The highest BCUT2D eigenvalue weighted by Crippen LogP contribution is 2.34. The zero-order chi connectivity index (χ0) is 15.6. The van der Waals surface area contributed by atoms with E-state index in [2.05, 4.69) is 13.8 Å². The Morgan fingerprint density at radius 3 is 1.57 bits per heavy atom. The predicted octanol–water partition coefficient (Wildman–Crippen LogP) is 5.65. The van der Waals surface area contributed by atoms with Crippen LogP contribution in [0, 0.1) is 0 Å². The summed E-state index contributed by atoms with van der Waals surface area (Å²) in [5, 5.41) is -0.0120. The number of hydrogen-bond donors (Lipinski definition) is 0. The second-order valence-corrected chi connectivity index (χ2v) is 9.33. The highest BCUT2D eigenvalue weighted by molar-refractivity contribution is 7.92. The SMILES string of the molecule is CCCCCCCC(CCCCCCC)S(=O)(=O)C1CC1. The summed E-state index contributed by atoms with van der Waals surface area (Å²) in [5.74, 6) is 0. The van der Waals surface area contributed by atoms with Gasteiger partial charge in [0.25, 0.3) is 0 Å². The largest absolute Gasteiger partial charge is 0.228 e. The van der Waals surface area contributed by atoms with Crippen LogP contribution < -0.4 is 0 Å². The van der Waals surface area contributed by atoms with Crippen molar-refractivity contribution in [2.75, 3.05) is 0 Å². The van der Waals surface area contributed by atoms with E-state index < -0.39 is 9.84 Å². The highest BCUT2D eigenvalue weighted by atomic mass is 32.2. The number of rotatable bonds is 14. The molecule has 0 N–H and O–H groups in total. The summed E-state index contributed by atoms with van der Waals surface area (Å²) in [5.41, 5.74) is 0. The zero-order valence-corrected chi connectivity index (χ0v) is 15.1. The van der Waals surface area contributed by atoms with E-state index in [1.807, 2.05) is 0 Å². The average molecular weight is 317 g/mol. The summed E-state index contributed by atoms with van der Waals surface area (Å²) < 4.78 is 25.1. The lowest BCUT2D eigenvalue weighted by molar-refractivity contribution is 0.515. The van der Waals surface area contributed by atoms with Gasteiger partial charge in [0.1, 0.15) is 0 Å². The monoisotopic (exact) mass is 316 g/mol. The van der Waals surface area contributed by atoms with Gasteiger partial charge in [0.2, 0.25) is 0 Å². The fourth-order valence-corrected chi connectivity index (χ4v) is 5.42. The van der Waals surface area contributed by atoms with Crippen molar-refractivity contribution in [1.29, 1.82) is 0 Å². The van der Waals surface area contributed by atoms with Gasteiger partial charge in [0.15, 0.2) is 9.84 Å². The summed E-state index contributed by atoms with van der Waals surface area (Å²) in [6, 6.07) is 0. The van der Waals surface area contributed by atoms with Crippen LogP contribution in [-0.2, 0) is 9.84 Å². The van der Waals surface area contributed by atoms with Crippen LogP contribution >= 0.6 is 0 Å². The van der Waals surface area contributed by atoms with Crippen LogP contribution in [0.2, 0.25) is 0 Å². The molecular weight excluding hydrogens is 280 g/mol. The first kappa shape index (κ1) is 19.0. The van der Waals surface area contributed by atoms with Gasteiger partial charge >= 0.3 is 0 Å². The summed E-state index contributed by atoms with van der Waals surface area (Å²) in [7, 11) is -2.81. The predicted molar refractivity (Wildman–Crippen MR) is 92.5 cm³/mol. The maximum Gasteiger partial charge on any atom is 0.156 e. The Labute approximate surface area is 133 Å². The Morgan fingerprint density at radius 1 is 0.762 bits per heavy atom. The normalized spacial score (nSPS) is 15.8. The van der Waals surface area contributed by atoms with Crippen molar-refractivity contribution in [1.82, 2.24) is 0 Å². The topological polar surface area (TPSA) is 34.1 Å². The van der Waals surface area contributed by atoms with Crippen LogP contribution in [0.15, 0.2) is 0 Å². The Morgan fingerprint density at radius 2 is 1.19 bits per heavy atom. The maximum atomic E-state index is 12.5. The highest BCUT2D eigenvalue weighted by Gasteiger charge is 2.40. The van der Waals surface area contributed by atoms with Crippen LogP contribution in [0.3, 0.4) is 0 Å². The van der Waals surface area contributed by atoms with Crippen molar-refractivity contribution in [3.63, 3.8) is 0 Å². The Hall–Kier alpha value is -0.0500. The van der Waals surface area contributed by atoms with E-state index in [1.165, 1.54) is 51.4 Å². The molecule has 3 heteroatoms. The lowest BCUT2D eigenvalue weighted by Crippen LogP contribution is -2.25. The van der Waals surface area contributed by atoms with Crippen LogP contribution in [-0.4, -0.2) is 18.9 Å². The van der Waals surface area contributed by atoms with Gasteiger partial charge in [-0.2, -0.15) is 0 Å². The van der Waals surface area contributed by atoms with E-state index >= 15 is 0 Å². The molecule has 1 rings (SSSR count). The van der Waals surface area contributed by atoms with Crippen molar-refractivity contribution < 1.29 is 8.42 Å². The smallest absolute Gasteiger partial charge is 0.156 e. The summed E-state index contributed by atoms with van der Waals surface area (Å²) in [4.78, 5) is 0. The first-order valence-corrected chi connectivity index (χ1v) is 11.0. The molecule has 0 aromatic heterocycles. The molecular formula is C18H36O2S. The minimum absolute atomic E-state index is 0.0220. The van der Waals surface area contributed by atoms with Crippen molar-refractivity contribution in [3.05, 3.63) is 0 Å². The molecule has 0 bridgehead atoms. The molecule has 0 radical (unpaired) electrons. The molecule has 1 fully saturated rings. The Kier molecular flexibility index (Phi) is 9.62. The van der Waals surface area contributed by atoms with Gasteiger partial charge in [-0.1, -0.05) is 78.1 Å². The molecule has 0 spiro atoms. The lowest BCUT2D eigenvalue weighted by atomic mass is 10.0. The summed E-state index contributed by atoms with van der Waals surface area (Å²) in [6.45, 7) is 4.44. The molecule has 0 aromatic carbocycles. The van der Waals surface area contributed by atoms with Gasteiger partial charge in [0.05, 0.1) is 10.5 Å². The number of sulfone groups is 1. The minimum Gasteiger partial charge on any atom is -0.228 e. The zero-order valence-electron chi connectivity index (χ0n) is 14.3. The van der Waals surface area contributed by atoms with Crippen LogP contribution in [0.25, 0.3) is 0 Å². The standard InChI is InChI=1S/C18H36O2S/c1-3-5-7-9-11-13-17(14-12-10-8-6-4-2)21(19,20)18-15-16-18/h17-18H,3-16H2,1-2H3. The average Bonchev–Trinajstić information content (AvgIpc) is 3.29. The van der Waals surface area contributed by atoms with E-state index in [4.69, 9.17) is 0 Å². The van der Waals surface area contributed by atoms with Crippen molar-refractivity contribution in [2.24, 2.45) is 0 Å². The first-order valence-electron chi connectivity index (χ1n) is 9.35. The molecule has 126 valence electrons. The van der Waals surface area contributed by atoms with Crippen molar-refractivity contribution in [3.8, 4) is 0 Å². The molecule has 1 saturated carbocycles. The van der Waals surface area contributed by atoms with Crippen LogP contribution in [0.1, 0.15) is 104 Å². The van der Waals surface area contributed by atoms with E-state index in [-0.39, 0.29) is 10.5 Å². The fraction of sp³-hybridized carbons (Fsp3) is 1.00. The molecule has 0 amide bonds. The third kappa shape index (κ3) is 7.67. The van der Waals surface area contributed by atoms with Crippen molar-refractivity contribution in [2.45, 2.75) is 114 Å².